The van der Waals surface area contributed by atoms with Crippen molar-refractivity contribution in [2.24, 2.45) is 0 Å². The average Bonchev–Trinajstić information content (AvgIpc) is 2.40. The molecule has 2 rings (SSSR count). The van der Waals surface area contributed by atoms with Crippen molar-refractivity contribution in [1.82, 2.24) is 0 Å². The number of hydrogen-bond acceptors (Lipinski definition) is 2. The van der Waals surface area contributed by atoms with Crippen LogP contribution in [0.4, 0.5) is 18.9 Å². The quantitative estimate of drug-likeness (QED) is 0.794. The molecule has 0 spiro atoms. The van der Waals surface area contributed by atoms with Gasteiger partial charge >= 0.3 is 6.18 Å². The predicted octanol–water partition coefficient (Wildman–Crippen LogP) is 5.33. The van der Waals surface area contributed by atoms with Gasteiger partial charge in [-0.1, -0.05) is 23.2 Å². The number of halogens is 5. The molecule has 2 aromatic rings. The Hall–Kier alpha value is -1.59. The molecule has 0 unspecified atom stereocenters. The van der Waals surface area contributed by atoms with Crippen LogP contribution in [-0.4, -0.2) is 5.11 Å². The molecule has 0 aromatic heterocycles. The fourth-order valence-electron chi connectivity index (χ4n) is 1.79. The van der Waals surface area contributed by atoms with Crippen LogP contribution in [0.3, 0.4) is 0 Å². The zero-order chi connectivity index (χ0) is 15.6. The van der Waals surface area contributed by atoms with Gasteiger partial charge in [-0.25, -0.2) is 0 Å². The molecule has 0 fully saturated rings. The maximum Gasteiger partial charge on any atom is 0.418 e. The summed E-state index contributed by atoms with van der Waals surface area (Å²) >= 11 is 11.4. The number of hydrogen-bond donors (Lipinski definition) is 2. The molecule has 0 saturated carbocycles. The van der Waals surface area contributed by atoms with Crippen molar-refractivity contribution in [3.8, 4) is 5.75 Å². The van der Waals surface area contributed by atoms with Gasteiger partial charge in [-0.15, -0.1) is 0 Å². The first-order valence-corrected chi connectivity index (χ1v) is 6.61. The zero-order valence-electron chi connectivity index (χ0n) is 10.5. The minimum Gasteiger partial charge on any atom is -0.508 e. The topological polar surface area (TPSA) is 32.3 Å². The highest BCUT2D eigenvalue weighted by Crippen LogP contribution is 2.37. The number of phenols is 1. The summed E-state index contributed by atoms with van der Waals surface area (Å²) in [7, 11) is 0. The number of anilines is 1. The van der Waals surface area contributed by atoms with Crippen LogP contribution in [-0.2, 0) is 12.7 Å². The maximum absolute atomic E-state index is 12.9. The first-order valence-electron chi connectivity index (χ1n) is 5.85. The van der Waals surface area contributed by atoms with Crippen molar-refractivity contribution in [3.63, 3.8) is 0 Å². The first kappa shape index (κ1) is 15.8. The van der Waals surface area contributed by atoms with E-state index >= 15 is 0 Å². The summed E-state index contributed by atoms with van der Waals surface area (Å²) in [4.78, 5) is 0. The molecule has 2 nitrogen and oxygen atoms in total. The Kier molecular flexibility index (Phi) is 4.54. The monoisotopic (exact) mass is 335 g/mol. The van der Waals surface area contributed by atoms with E-state index in [-0.39, 0.29) is 23.0 Å². The molecule has 0 aliphatic carbocycles. The number of aromatic hydroxyl groups is 1. The summed E-state index contributed by atoms with van der Waals surface area (Å²) < 4.78 is 38.8. The predicted molar refractivity (Wildman–Crippen MR) is 76.9 cm³/mol. The Labute approximate surface area is 129 Å². The van der Waals surface area contributed by atoms with Gasteiger partial charge in [0, 0.05) is 27.8 Å². The van der Waals surface area contributed by atoms with Gasteiger partial charge in [0.05, 0.1) is 5.56 Å². The molecule has 0 bridgehead atoms. The van der Waals surface area contributed by atoms with Crippen LogP contribution in [0.5, 0.6) is 5.75 Å². The van der Waals surface area contributed by atoms with E-state index in [4.69, 9.17) is 23.2 Å². The normalized spacial score (nSPS) is 11.5. The number of alkyl halides is 3. The second-order valence-electron chi connectivity index (χ2n) is 4.31. The third-order valence-corrected chi connectivity index (χ3v) is 3.27. The lowest BCUT2D eigenvalue weighted by molar-refractivity contribution is -0.136. The molecule has 2 aromatic carbocycles. The highest BCUT2D eigenvalue weighted by molar-refractivity contribution is 6.31. The smallest absolute Gasteiger partial charge is 0.418 e. The van der Waals surface area contributed by atoms with Crippen LogP contribution in [0.2, 0.25) is 10.0 Å². The zero-order valence-corrected chi connectivity index (χ0v) is 12.0. The SMILES string of the molecule is Oc1ccc(Cl)cc1CNc1ccc(Cl)cc1C(F)(F)F. The van der Waals surface area contributed by atoms with Gasteiger partial charge in [0.25, 0.3) is 0 Å². The van der Waals surface area contributed by atoms with E-state index in [1.165, 1.54) is 30.3 Å². The maximum atomic E-state index is 12.9. The van der Waals surface area contributed by atoms with Crippen molar-refractivity contribution >= 4 is 28.9 Å². The second kappa shape index (κ2) is 6.03. The lowest BCUT2D eigenvalue weighted by atomic mass is 10.1. The number of rotatable bonds is 3. The molecule has 0 saturated heterocycles. The van der Waals surface area contributed by atoms with E-state index < -0.39 is 11.7 Å². The standard InChI is InChI=1S/C14H10Cl2F3NO/c15-9-2-4-13(21)8(5-9)7-20-12-3-1-10(16)6-11(12)14(17,18)19/h1-6,20-21H,7H2. The third kappa shape index (κ3) is 3.95. The van der Waals surface area contributed by atoms with E-state index in [2.05, 4.69) is 5.32 Å². The van der Waals surface area contributed by atoms with Crippen LogP contribution in [0.15, 0.2) is 36.4 Å². The van der Waals surface area contributed by atoms with Crippen molar-refractivity contribution in [2.45, 2.75) is 12.7 Å². The van der Waals surface area contributed by atoms with Crippen LogP contribution >= 0.6 is 23.2 Å². The van der Waals surface area contributed by atoms with Crippen LogP contribution < -0.4 is 5.32 Å². The fourth-order valence-corrected chi connectivity index (χ4v) is 2.16. The van der Waals surface area contributed by atoms with Crippen LogP contribution in [0.1, 0.15) is 11.1 Å². The fraction of sp³-hybridized carbons (Fsp3) is 0.143. The summed E-state index contributed by atoms with van der Waals surface area (Å²) in [6.45, 7) is -0.00287. The van der Waals surface area contributed by atoms with Gasteiger partial charge in [0.15, 0.2) is 0 Å². The molecule has 21 heavy (non-hydrogen) atoms. The average molecular weight is 336 g/mol. The second-order valence-corrected chi connectivity index (χ2v) is 5.19. The summed E-state index contributed by atoms with van der Waals surface area (Å²) in [6.07, 6.45) is -4.52. The molecule has 0 amide bonds. The Morgan fingerprint density at radius 2 is 1.62 bits per heavy atom. The van der Waals surface area contributed by atoms with Gasteiger partial charge in [-0.2, -0.15) is 13.2 Å². The van der Waals surface area contributed by atoms with Crippen LogP contribution in [0.25, 0.3) is 0 Å². The van der Waals surface area contributed by atoms with E-state index in [0.717, 1.165) is 6.07 Å². The van der Waals surface area contributed by atoms with Crippen molar-refractivity contribution in [3.05, 3.63) is 57.6 Å². The highest BCUT2D eigenvalue weighted by atomic mass is 35.5. The Bertz CT molecular complexity index is 659. The van der Waals surface area contributed by atoms with Gasteiger partial charge < -0.3 is 10.4 Å². The third-order valence-electron chi connectivity index (χ3n) is 2.80. The van der Waals surface area contributed by atoms with Gasteiger partial charge in [-0.3, -0.25) is 0 Å². The van der Waals surface area contributed by atoms with Crippen molar-refractivity contribution in [2.75, 3.05) is 5.32 Å². The van der Waals surface area contributed by atoms with Crippen molar-refractivity contribution < 1.29 is 18.3 Å². The summed E-state index contributed by atoms with van der Waals surface area (Å²) in [5, 5.41) is 12.7. The number of nitrogens with one attached hydrogen (secondary N) is 1. The lowest BCUT2D eigenvalue weighted by Gasteiger charge is -2.15. The molecular formula is C14H10Cl2F3NO. The first-order chi connectivity index (χ1) is 9.77. The molecule has 0 aliphatic rings. The van der Waals surface area contributed by atoms with Crippen molar-refractivity contribution in [1.29, 1.82) is 0 Å². The van der Waals surface area contributed by atoms with E-state index in [1.807, 2.05) is 0 Å². The lowest BCUT2D eigenvalue weighted by Crippen LogP contribution is -2.11. The van der Waals surface area contributed by atoms with E-state index in [0.29, 0.717) is 10.6 Å². The molecular weight excluding hydrogens is 326 g/mol. The summed E-state index contributed by atoms with van der Waals surface area (Å²) in [5.74, 6) is -0.0468. The largest absolute Gasteiger partial charge is 0.508 e. The minimum absolute atomic E-state index is 0.00141. The molecule has 0 heterocycles. The van der Waals surface area contributed by atoms with Gasteiger partial charge in [0.1, 0.15) is 5.75 Å². The summed E-state index contributed by atoms with van der Waals surface area (Å²) in [5.41, 5.74) is -0.589. The molecule has 112 valence electrons. The summed E-state index contributed by atoms with van der Waals surface area (Å²) in [6, 6.07) is 7.80. The van der Waals surface area contributed by atoms with Gasteiger partial charge in [0.2, 0.25) is 0 Å². The number of benzene rings is 2. The van der Waals surface area contributed by atoms with E-state index in [9.17, 15) is 18.3 Å². The molecule has 2 N–H and O–H groups in total. The van der Waals surface area contributed by atoms with E-state index in [1.54, 1.807) is 0 Å². The number of phenolic OH excluding ortho intramolecular Hbond substituents is 1. The molecule has 0 atom stereocenters. The molecule has 0 radical (unpaired) electrons. The molecule has 0 aliphatic heterocycles. The molecule has 7 heteroatoms. The van der Waals surface area contributed by atoms with Crippen LogP contribution in [0, 0.1) is 0 Å². The Morgan fingerprint density at radius 3 is 2.29 bits per heavy atom. The van der Waals surface area contributed by atoms with Gasteiger partial charge in [-0.05, 0) is 36.4 Å². The minimum atomic E-state index is -4.52. The Balaban J connectivity index is 2.26. The Morgan fingerprint density at radius 1 is 1.00 bits per heavy atom. The highest BCUT2D eigenvalue weighted by Gasteiger charge is 2.33.